The summed E-state index contributed by atoms with van der Waals surface area (Å²) in [7, 11) is -3.74. The summed E-state index contributed by atoms with van der Waals surface area (Å²) in [5.41, 5.74) is 0.770. The third kappa shape index (κ3) is 3.28. The van der Waals surface area contributed by atoms with E-state index in [4.69, 9.17) is 0 Å². The Bertz CT molecular complexity index is 911. The van der Waals surface area contributed by atoms with Gasteiger partial charge in [-0.15, -0.1) is 0 Å². The first-order valence-electron chi connectivity index (χ1n) is 7.78. The van der Waals surface area contributed by atoms with Crippen LogP contribution in [-0.2, 0) is 10.0 Å². The Hall–Kier alpha value is -2.35. The predicted octanol–water partition coefficient (Wildman–Crippen LogP) is 2.15. The molecule has 0 saturated carbocycles. The lowest BCUT2D eigenvalue weighted by Crippen LogP contribution is -2.42. The minimum Gasteiger partial charge on any atom is -0.361 e. The van der Waals surface area contributed by atoms with Gasteiger partial charge in [0.15, 0.2) is 0 Å². The van der Waals surface area contributed by atoms with Crippen LogP contribution in [0.4, 0.5) is 0 Å². The Labute approximate surface area is 141 Å². The van der Waals surface area contributed by atoms with E-state index in [0.29, 0.717) is 13.1 Å². The lowest BCUT2D eigenvalue weighted by atomic mass is 9.97. The number of benzene rings is 1. The number of aromatic amines is 1. The van der Waals surface area contributed by atoms with Crippen LogP contribution < -0.4 is 4.72 Å². The number of hydrogen-bond donors (Lipinski definition) is 2. The highest BCUT2D eigenvalue weighted by Gasteiger charge is 2.30. The van der Waals surface area contributed by atoms with Crippen molar-refractivity contribution in [3.05, 3.63) is 30.5 Å². The molecular weight excluding hydrogens is 326 g/mol. The molecule has 8 heteroatoms. The van der Waals surface area contributed by atoms with Crippen LogP contribution in [0.1, 0.15) is 20.8 Å². The number of guanidine groups is 1. The number of aromatic nitrogens is 1. The molecule has 1 aliphatic rings. The van der Waals surface area contributed by atoms with E-state index < -0.39 is 10.0 Å². The van der Waals surface area contributed by atoms with E-state index in [-0.39, 0.29) is 16.3 Å². The standard InChI is InChI=1S/C16H21N5O2S/c1-4-17-15(21-11-16(2,3)10-19-21)20-24(22,23)13-5-6-14-12(9-13)7-8-18-14/h5-10,18H,4,11H2,1-3H3,(H,17,20). The smallest absolute Gasteiger partial charge is 0.264 e. The molecule has 128 valence electrons. The molecule has 0 atom stereocenters. The minimum absolute atomic E-state index is 0.121. The molecule has 7 nitrogen and oxygen atoms in total. The summed E-state index contributed by atoms with van der Waals surface area (Å²) in [6.07, 6.45) is 3.58. The van der Waals surface area contributed by atoms with Gasteiger partial charge in [-0.1, -0.05) is 13.8 Å². The van der Waals surface area contributed by atoms with E-state index in [1.165, 1.54) is 0 Å². The number of hydrogen-bond acceptors (Lipinski definition) is 4. The van der Waals surface area contributed by atoms with Gasteiger partial charge >= 0.3 is 0 Å². The molecule has 2 heterocycles. The van der Waals surface area contributed by atoms with Crippen LogP contribution in [-0.4, -0.2) is 43.7 Å². The van der Waals surface area contributed by atoms with Gasteiger partial charge in [-0.3, -0.25) is 4.99 Å². The molecule has 0 radical (unpaired) electrons. The van der Waals surface area contributed by atoms with Crippen molar-refractivity contribution in [2.45, 2.75) is 25.7 Å². The summed E-state index contributed by atoms with van der Waals surface area (Å²) < 4.78 is 28.0. The van der Waals surface area contributed by atoms with Crippen molar-refractivity contribution >= 4 is 33.1 Å². The van der Waals surface area contributed by atoms with Crippen molar-refractivity contribution in [1.82, 2.24) is 14.7 Å². The molecule has 0 unspecified atom stereocenters. The van der Waals surface area contributed by atoms with Crippen LogP contribution in [0.15, 0.2) is 45.5 Å². The van der Waals surface area contributed by atoms with Gasteiger partial charge in [0.05, 0.1) is 11.4 Å². The lowest BCUT2D eigenvalue weighted by molar-refractivity contribution is 0.379. The van der Waals surface area contributed by atoms with Gasteiger partial charge in [0, 0.05) is 35.3 Å². The lowest BCUT2D eigenvalue weighted by Gasteiger charge is -2.21. The summed E-state index contributed by atoms with van der Waals surface area (Å²) in [5, 5.41) is 6.71. The summed E-state index contributed by atoms with van der Waals surface area (Å²) in [4.78, 5) is 7.51. The monoisotopic (exact) mass is 347 g/mol. The third-order valence-corrected chi connectivity index (χ3v) is 5.04. The second-order valence-electron chi connectivity index (χ2n) is 6.42. The molecule has 1 aliphatic heterocycles. The Kier molecular flexibility index (Phi) is 4.08. The first-order valence-corrected chi connectivity index (χ1v) is 9.26. The molecular formula is C16H21N5O2S. The van der Waals surface area contributed by atoms with Gasteiger partial charge in [-0.2, -0.15) is 5.10 Å². The highest BCUT2D eigenvalue weighted by atomic mass is 32.2. The topological polar surface area (TPSA) is 89.9 Å². The molecule has 2 aromatic rings. The normalized spacial score (nSPS) is 17.6. The van der Waals surface area contributed by atoms with Gasteiger partial charge in [-0.25, -0.2) is 18.1 Å². The van der Waals surface area contributed by atoms with Crippen LogP contribution >= 0.6 is 0 Å². The van der Waals surface area contributed by atoms with Crippen molar-refractivity contribution in [2.75, 3.05) is 13.1 Å². The number of sulfonamides is 1. The Morgan fingerprint density at radius 1 is 1.42 bits per heavy atom. The maximum absolute atomic E-state index is 12.7. The largest absolute Gasteiger partial charge is 0.361 e. The Morgan fingerprint density at radius 3 is 2.88 bits per heavy atom. The van der Waals surface area contributed by atoms with Gasteiger partial charge in [0.25, 0.3) is 10.0 Å². The quantitative estimate of drug-likeness (QED) is 0.658. The van der Waals surface area contributed by atoms with E-state index in [1.807, 2.05) is 26.8 Å². The van der Waals surface area contributed by atoms with E-state index in [9.17, 15) is 8.42 Å². The molecule has 3 rings (SSSR count). The fraction of sp³-hybridized carbons (Fsp3) is 0.375. The highest BCUT2D eigenvalue weighted by Crippen LogP contribution is 2.22. The second-order valence-corrected chi connectivity index (χ2v) is 8.10. The number of H-pyrrole nitrogens is 1. The molecule has 24 heavy (non-hydrogen) atoms. The SMILES string of the molecule is CCN=C(NS(=O)(=O)c1ccc2[nH]ccc2c1)N1CC(C)(C)C=N1. The summed E-state index contributed by atoms with van der Waals surface area (Å²) in [6, 6.07) is 6.79. The van der Waals surface area contributed by atoms with Gasteiger partial charge in [-0.05, 0) is 31.2 Å². The molecule has 0 saturated heterocycles. The van der Waals surface area contributed by atoms with Crippen molar-refractivity contribution < 1.29 is 8.42 Å². The first kappa shape index (κ1) is 16.5. The number of nitrogens with one attached hydrogen (secondary N) is 2. The highest BCUT2D eigenvalue weighted by molar-refractivity contribution is 7.90. The summed E-state index contributed by atoms with van der Waals surface area (Å²) in [6.45, 7) is 6.96. The Balaban J connectivity index is 1.88. The van der Waals surface area contributed by atoms with E-state index in [0.717, 1.165) is 10.9 Å². The molecule has 1 aromatic heterocycles. The number of nitrogens with zero attached hydrogens (tertiary/aromatic N) is 3. The zero-order valence-corrected chi connectivity index (χ0v) is 14.8. The van der Waals surface area contributed by atoms with Crippen molar-refractivity contribution in [3.63, 3.8) is 0 Å². The van der Waals surface area contributed by atoms with Crippen LogP contribution in [0.5, 0.6) is 0 Å². The zero-order chi connectivity index (χ0) is 17.4. The van der Waals surface area contributed by atoms with Gasteiger partial charge in [0.2, 0.25) is 5.96 Å². The molecule has 0 amide bonds. The molecule has 0 fully saturated rings. The summed E-state index contributed by atoms with van der Waals surface area (Å²) >= 11 is 0. The number of rotatable bonds is 3. The van der Waals surface area contributed by atoms with Crippen LogP contribution in [0, 0.1) is 5.41 Å². The van der Waals surface area contributed by atoms with Gasteiger partial charge in [0.1, 0.15) is 0 Å². The van der Waals surface area contributed by atoms with Crippen LogP contribution in [0.2, 0.25) is 0 Å². The fourth-order valence-corrected chi connectivity index (χ4v) is 3.57. The number of aliphatic imine (C=N–C) groups is 1. The predicted molar refractivity (Wildman–Crippen MR) is 95.6 cm³/mol. The van der Waals surface area contributed by atoms with Crippen molar-refractivity contribution in [2.24, 2.45) is 15.5 Å². The molecule has 0 spiro atoms. The average Bonchev–Trinajstić information content (AvgIpc) is 3.11. The first-order chi connectivity index (χ1) is 11.3. The van der Waals surface area contributed by atoms with E-state index in [2.05, 4.69) is 19.8 Å². The minimum atomic E-state index is -3.74. The van der Waals surface area contributed by atoms with Gasteiger partial charge < -0.3 is 4.98 Å². The van der Waals surface area contributed by atoms with Crippen LogP contribution in [0.3, 0.4) is 0 Å². The molecule has 0 bridgehead atoms. The molecule has 0 aliphatic carbocycles. The van der Waals surface area contributed by atoms with E-state index >= 15 is 0 Å². The zero-order valence-electron chi connectivity index (χ0n) is 13.9. The van der Waals surface area contributed by atoms with E-state index in [1.54, 1.807) is 35.6 Å². The maximum Gasteiger partial charge on any atom is 0.264 e. The Morgan fingerprint density at radius 2 is 2.21 bits per heavy atom. The average molecular weight is 347 g/mol. The van der Waals surface area contributed by atoms with Crippen molar-refractivity contribution in [3.8, 4) is 0 Å². The maximum atomic E-state index is 12.7. The molecule has 2 N–H and O–H groups in total. The van der Waals surface area contributed by atoms with Crippen molar-refractivity contribution in [1.29, 1.82) is 0 Å². The fourth-order valence-electron chi connectivity index (χ4n) is 2.52. The molecule has 1 aromatic carbocycles. The number of hydrazone groups is 1. The second kappa shape index (κ2) is 5.94. The van der Waals surface area contributed by atoms with Crippen LogP contribution in [0.25, 0.3) is 10.9 Å². The third-order valence-electron chi connectivity index (χ3n) is 3.72. The summed E-state index contributed by atoms with van der Waals surface area (Å²) in [5.74, 6) is 0.244. The number of fused-ring (bicyclic) bond motifs is 1.